The van der Waals surface area contributed by atoms with E-state index < -0.39 is 4.92 Å². The molecule has 0 radical (unpaired) electrons. The number of anilines is 1. The van der Waals surface area contributed by atoms with Gasteiger partial charge in [0.1, 0.15) is 12.1 Å². The topological polar surface area (TPSA) is 93.3 Å². The lowest BCUT2D eigenvalue weighted by Crippen LogP contribution is -2.47. The van der Waals surface area contributed by atoms with Gasteiger partial charge >= 0.3 is 5.69 Å². The van der Waals surface area contributed by atoms with Gasteiger partial charge in [-0.15, -0.1) is 11.6 Å². The molecule has 22 heavy (non-hydrogen) atoms. The predicted molar refractivity (Wildman–Crippen MR) is 83.2 cm³/mol. The standard InChI is InChI=1S/C13H20ClN5O3/c1-13(16-11(20)8-14)4-3-6-18(7-5-13)12-10(19(21)22)9-15-17(12)2/h9H,3-8H2,1-2H3,(H,16,20). The second-order valence-electron chi connectivity index (χ2n) is 5.82. The minimum Gasteiger partial charge on any atom is -0.351 e. The van der Waals surface area contributed by atoms with Gasteiger partial charge in [-0.3, -0.25) is 14.9 Å². The number of nitrogens with one attached hydrogen (secondary N) is 1. The van der Waals surface area contributed by atoms with Crippen LogP contribution in [0.2, 0.25) is 0 Å². The van der Waals surface area contributed by atoms with Gasteiger partial charge in [0, 0.05) is 25.7 Å². The molecule has 1 aromatic heterocycles. The fraction of sp³-hybridized carbons (Fsp3) is 0.692. The molecule has 0 aliphatic carbocycles. The van der Waals surface area contributed by atoms with Crippen LogP contribution in [0.1, 0.15) is 26.2 Å². The van der Waals surface area contributed by atoms with E-state index >= 15 is 0 Å². The third-order valence-corrected chi connectivity index (χ3v) is 4.28. The molecular formula is C13H20ClN5O3. The Morgan fingerprint density at radius 1 is 1.55 bits per heavy atom. The van der Waals surface area contributed by atoms with Crippen LogP contribution in [-0.2, 0) is 11.8 Å². The van der Waals surface area contributed by atoms with Gasteiger partial charge in [-0.2, -0.15) is 5.10 Å². The second kappa shape index (κ2) is 6.51. The molecule has 1 unspecified atom stereocenters. The summed E-state index contributed by atoms with van der Waals surface area (Å²) in [5.41, 5.74) is -0.329. The Kier molecular flexibility index (Phi) is 4.90. The highest BCUT2D eigenvalue weighted by Crippen LogP contribution is 2.31. The van der Waals surface area contributed by atoms with Crippen molar-refractivity contribution in [3.8, 4) is 0 Å². The molecule has 1 fully saturated rings. The molecule has 2 heterocycles. The van der Waals surface area contributed by atoms with Gasteiger partial charge in [0.25, 0.3) is 0 Å². The summed E-state index contributed by atoms with van der Waals surface area (Å²) in [6.07, 6.45) is 3.59. The largest absolute Gasteiger partial charge is 0.351 e. The van der Waals surface area contributed by atoms with E-state index in [0.717, 1.165) is 12.8 Å². The van der Waals surface area contributed by atoms with Crippen molar-refractivity contribution < 1.29 is 9.72 Å². The van der Waals surface area contributed by atoms with Crippen LogP contribution < -0.4 is 10.2 Å². The van der Waals surface area contributed by atoms with Crippen LogP contribution in [0.4, 0.5) is 11.5 Å². The molecule has 9 heteroatoms. The molecular weight excluding hydrogens is 310 g/mol. The molecule has 0 saturated carbocycles. The van der Waals surface area contributed by atoms with Crippen molar-refractivity contribution in [3.05, 3.63) is 16.3 Å². The number of nitro groups is 1. The van der Waals surface area contributed by atoms with Crippen LogP contribution in [0, 0.1) is 10.1 Å². The first-order valence-corrected chi connectivity index (χ1v) is 7.68. The predicted octanol–water partition coefficient (Wildman–Crippen LogP) is 1.43. The van der Waals surface area contributed by atoms with Crippen molar-refractivity contribution in [3.63, 3.8) is 0 Å². The molecule has 1 atom stereocenters. The zero-order valence-corrected chi connectivity index (χ0v) is 13.5. The number of alkyl halides is 1. The molecule has 0 bridgehead atoms. The van der Waals surface area contributed by atoms with E-state index in [1.165, 1.54) is 10.9 Å². The first-order chi connectivity index (χ1) is 10.4. The Morgan fingerprint density at radius 3 is 2.91 bits per heavy atom. The second-order valence-corrected chi connectivity index (χ2v) is 6.08. The number of hydrogen-bond donors (Lipinski definition) is 1. The van der Waals surface area contributed by atoms with Gasteiger partial charge in [-0.25, -0.2) is 4.68 Å². The zero-order valence-electron chi connectivity index (χ0n) is 12.7. The average Bonchev–Trinajstić information content (AvgIpc) is 2.74. The average molecular weight is 330 g/mol. The van der Waals surface area contributed by atoms with Gasteiger partial charge in [0.2, 0.25) is 11.7 Å². The summed E-state index contributed by atoms with van der Waals surface area (Å²) < 4.78 is 1.53. The Labute approximate surface area is 133 Å². The van der Waals surface area contributed by atoms with E-state index in [2.05, 4.69) is 10.4 Å². The lowest BCUT2D eigenvalue weighted by atomic mass is 9.93. The number of aromatic nitrogens is 2. The van der Waals surface area contributed by atoms with Gasteiger partial charge in [-0.05, 0) is 26.2 Å². The summed E-state index contributed by atoms with van der Waals surface area (Å²) in [4.78, 5) is 24.2. The lowest BCUT2D eigenvalue weighted by Gasteiger charge is -2.29. The first kappa shape index (κ1) is 16.5. The molecule has 0 aromatic carbocycles. The Hall–Kier alpha value is -1.83. The maximum Gasteiger partial charge on any atom is 0.331 e. The summed E-state index contributed by atoms with van der Waals surface area (Å²) in [6.45, 7) is 3.28. The van der Waals surface area contributed by atoms with E-state index in [9.17, 15) is 14.9 Å². The van der Waals surface area contributed by atoms with Gasteiger partial charge in [-0.1, -0.05) is 0 Å². The number of carbonyl (C=O) groups excluding carboxylic acids is 1. The number of amides is 1. The summed E-state index contributed by atoms with van der Waals surface area (Å²) >= 11 is 5.55. The maximum atomic E-state index is 11.5. The van der Waals surface area contributed by atoms with Crippen LogP contribution in [-0.4, -0.2) is 45.1 Å². The first-order valence-electron chi connectivity index (χ1n) is 7.14. The fourth-order valence-corrected chi connectivity index (χ4v) is 2.97. The van der Waals surface area contributed by atoms with Crippen molar-refractivity contribution in [2.75, 3.05) is 23.9 Å². The van der Waals surface area contributed by atoms with Gasteiger partial charge < -0.3 is 10.2 Å². The number of aryl methyl sites for hydroxylation is 1. The molecule has 122 valence electrons. The number of hydrogen-bond acceptors (Lipinski definition) is 5. The molecule has 1 aliphatic rings. The quantitative estimate of drug-likeness (QED) is 0.512. The fourth-order valence-electron chi connectivity index (χ4n) is 2.90. The Morgan fingerprint density at radius 2 is 2.27 bits per heavy atom. The van der Waals surface area contributed by atoms with E-state index in [1.54, 1.807) is 7.05 Å². The molecule has 1 N–H and O–H groups in total. The SMILES string of the molecule is Cn1ncc([N+](=O)[O-])c1N1CCCC(C)(NC(=O)CCl)CC1. The molecule has 8 nitrogen and oxygen atoms in total. The Balaban J connectivity index is 2.15. The molecule has 1 saturated heterocycles. The smallest absolute Gasteiger partial charge is 0.331 e. The van der Waals surface area contributed by atoms with E-state index in [4.69, 9.17) is 11.6 Å². The van der Waals surface area contributed by atoms with Crippen LogP contribution >= 0.6 is 11.6 Å². The maximum absolute atomic E-state index is 11.5. The lowest BCUT2D eigenvalue weighted by molar-refractivity contribution is -0.384. The highest BCUT2D eigenvalue weighted by molar-refractivity contribution is 6.27. The van der Waals surface area contributed by atoms with Crippen molar-refractivity contribution in [2.24, 2.45) is 7.05 Å². The van der Waals surface area contributed by atoms with Crippen molar-refractivity contribution in [1.82, 2.24) is 15.1 Å². The minimum absolute atomic E-state index is 0.0101. The summed E-state index contributed by atoms with van der Waals surface area (Å²) in [6, 6.07) is 0. The van der Waals surface area contributed by atoms with E-state index in [-0.39, 0.29) is 23.0 Å². The van der Waals surface area contributed by atoms with Gasteiger partial charge in [0.15, 0.2) is 0 Å². The summed E-state index contributed by atoms with van der Waals surface area (Å²) in [7, 11) is 1.70. The Bertz CT molecular complexity index is 576. The molecule has 1 amide bonds. The van der Waals surface area contributed by atoms with E-state index in [1.807, 2.05) is 11.8 Å². The normalized spacial score (nSPS) is 22.2. The van der Waals surface area contributed by atoms with Crippen molar-refractivity contribution in [2.45, 2.75) is 31.7 Å². The van der Waals surface area contributed by atoms with E-state index in [0.29, 0.717) is 25.3 Å². The highest BCUT2D eigenvalue weighted by Gasteiger charge is 2.32. The summed E-state index contributed by atoms with van der Waals surface area (Å²) in [5.74, 6) is 0.258. The molecule has 0 spiro atoms. The summed E-state index contributed by atoms with van der Waals surface area (Å²) in [5, 5.41) is 18.1. The molecule has 1 aromatic rings. The number of carbonyl (C=O) groups is 1. The van der Waals surface area contributed by atoms with Crippen molar-refractivity contribution in [1.29, 1.82) is 0 Å². The number of rotatable bonds is 4. The van der Waals surface area contributed by atoms with Crippen LogP contribution in [0.25, 0.3) is 0 Å². The third kappa shape index (κ3) is 3.49. The third-order valence-electron chi connectivity index (χ3n) is 4.04. The van der Waals surface area contributed by atoms with Crippen molar-refractivity contribution >= 4 is 29.0 Å². The molecule has 2 rings (SSSR count). The van der Waals surface area contributed by atoms with Crippen LogP contribution in [0.5, 0.6) is 0 Å². The van der Waals surface area contributed by atoms with Crippen LogP contribution in [0.3, 0.4) is 0 Å². The number of halogens is 1. The monoisotopic (exact) mass is 329 g/mol. The minimum atomic E-state index is -0.415. The van der Waals surface area contributed by atoms with Crippen LogP contribution in [0.15, 0.2) is 6.20 Å². The number of nitrogens with zero attached hydrogens (tertiary/aromatic N) is 4. The highest BCUT2D eigenvalue weighted by atomic mass is 35.5. The van der Waals surface area contributed by atoms with Gasteiger partial charge in [0.05, 0.1) is 4.92 Å². The molecule has 1 aliphatic heterocycles. The zero-order chi connectivity index (χ0) is 16.3.